The standard InChI is InChI=1S/C22H23NO3S/c1-23-14-20(17-6-3-4-7-19(17)22(23)24)16-8-5-9-21(27(2,25)26)18(16)13-12-15-10-11-15/h3-9,14-15H,10-13H2,1-2H3. The van der Waals surface area contributed by atoms with Crippen molar-refractivity contribution in [2.75, 3.05) is 6.26 Å². The minimum Gasteiger partial charge on any atom is -0.317 e. The van der Waals surface area contributed by atoms with Crippen molar-refractivity contribution < 1.29 is 8.42 Å². The molecule has 1 aromatic heterocycles. The molecular weight excluding hydrogens is 358 g/mol. The Balaban J connectivity index is 2.00. The predicted octanol–water partition coefficient (Wildman–Crippen LogP) is 3.95. The Morgan fingerprint density at radius 3 is 2.37 bits per heavy atom. The summed E-state index contributed by atoms with van der Waals surface area (Å²) in [5.74, 6) is 0.710. The van der Waals surface area contributed by atoms with Crippen molar-refractivity contribution in [3.8, 4) is 11.1 Å². The maximum Gasteiger partial charge on any atom is 0.258 e. The Labute approximate surface area is 159 Å². The Hall–Kier alpha value is -2.40. The molecule has 0 unspecified atom stereocenters. The molecule has 0 bridgehead atoms. The highest BCUT2D eigenvalue weighted by atomic mass is 32.2. The Kier molecular flexibility index (Phi) is 4.42. The summed E-state index contributed by atoms with van der Waals surface area (Å²) >= 11 is 0. The van der Waals surface area contributed by atoms with Gasteiger partial charge < -0.3 is 4.57 Å². The minimum absolute atomic E-state index is 0.0480. The van der Waals surface area contributed by atoms with Crippen molar-refractivity contribution >= 4 is 20.6 Å². The minimum atomic E-state index is -3.33. The Bertz CT molecular complexity index is 1190. The van der Waals surface area contributed by atoms with E-state index < -0.39 is 9.84 Å². The number of fused-ring (bicyclic) bond motifs is 1. The normalized spacial score (nSPS) is 14.6. The summed E-state index contributed by atoms with van der Waals surface area (Å²) < 4.78 is 26.4. The van der Waals surface area contributed by atoms with Crippen LogP contribution in [0.25, 0.3) is 21.9 Å². The van der Waals surface area contributed by atoms with Crippen LogP contribution in [0.5, 0.6) is 0 Å². The maximum atomic E-state index is 12.5. The molecule has 2 aromatic carbocycles. The van der Waals surface area contributed by atoms with Gasteiger partial charge in [-0.15, -0.1) is 0 Å². The van der Waals surface area contributed by atoms with E-state index in [0.717, 1.165) is 34.9 Å². The third kappa shape index (κ3) is 3.44. The van der Waals surface area contributed by atoms with Gasteiger partial charge in [-0.25, -0.2) is 8.42 Å². The van der Waals surface area contributed by atoms with Gasteiger partial charge in [-0.2, -0.15) is 0 Å². The number of pyridine rings is 1. The molecule has 0 amide bonds. The lowest BCUT2D eigenvalue weighted by Crippen LogP contribution is -2.16. The first kappa shape index (κ1) is 18.0. The fourth-order valence-electron chi connectivity index (χ4n) is 3.81. The second-order valence-electron chi connectivity index (χ2n) is 7.54. The van der Waals surface area contributed by atoms with Crippen LogP contribution >= 0.6 is 0 Å². The molecule has 0 aliphatic heterocycles. The fraction of sp³-hybridized carbons (Fsp3) is 0.318. The number of rotatable bonds is 5. The molecule has 1 heterocycles. The molecule has 5 heteroatoms. The summed E-state index contributed by atoms with van der Waals surface area (Å²) in [4.78, 5) is 12.9. The number of hydrogen-bond acceptors (Lipinski definition) is 3. The van der Waals surface area contributed by atoms with Gasteiger partial charge in [0, 0.05) is 30.4 Å². The molecule has 1 aliphatic rings. The molecule has 0 radical (unpaired) electrons. The lowest BCUT2D eigenvalue weighted by Gasteiger charge is -2.16. The van der Waals surface area contributed by atoms with Gasteiger partial charge >= 0.3 is 0 Å². The van der Waals surface area contributed by atoms with Crippen LogP contribution in [0.1, 0.15) is 24.8 Å². The van der Waals surface area contributed by atoms with E-state index in [2.05, 4.69) is 0 Å². The Morgan fingerprint density at radius 1 is 1.00 bits per heavy atom. The molecular formula is C22H23NO3S. The number of benzene rings is 2. The van der Waals surface area contributed by atoms with E-state index in [1.54, 1.807) is 23.7 Å². The molecule has 1 fully saturated rings. The molecule has 0 spiro atoms. The summed E-state index contributed by atoms with van der Waals surface area (Å²) in [6, 6.07) is 13.0. The molecule has 0 N–H and O–H groups in total. The number of nitrogens with zero attached hydrogens (tertiary/aromatic N) is 1. The van der Waals surface area contributed by atoms with E-state index in [0.29, 0.717) is 16.2 Å². The monoisotopic (exact) mass is 381 g/mol. The van der Waals surface area contributed by atoms with Crippen molar-refractivity contribution in [3.63, 3.8) is 0 Å². The first-order chi connectivity index (χ1) is 12.9. The molecule has 0 atom stereocenters. The topological polar surface area (TPSA) is 56.1 Å². The highest BCUT2D eigenvalue weighted by Crippen LogP contribution is 2.38. The molecule has 1 saturated carbocycles. The van der Waals surface area contributed by atoms with Crippen molar-refractivity contribution in [3.05, 3.63) is 64.6 Å². The van der Waals surface area contributed by atoms with E-state index in [1.807, 2.05) is 36.5 Å². The summed E-state index contributed by atoms with van der Waals surface area (Å²) in [5, 5.41) is 1.51. The van der Waals surface area contributed by atoms with Crippen LogP contribution in [0.3, 0.4) is 0 Å². The smallest absolute Gasteiger partial charge is 0.258 e. The summed E-state index contributed by atoms with van der Waals surface area (Å²) in [5.41, 5.74) is 2.64. The van der Waals surface area contributed by atoms with Crippen molar-refractivity contribution in [1.82, 2.24) is 4.57 Å². The highest BCUT2D eigenvalue weighted by Gasteiger charge is 2.24. The van der Waals surface area contributed by atoms with Gasteiger partial charge in [-0.3, -0.25) is 4.79 Å². The molecule has 4 rings (SSSR count). The van der Waals surface area contributed by atoms with Crippen molar-refractivity contribution in [2.45, 2.75) is 30.6 Å². The van der Waals surface area contributed by atoms with Crippen LogP contribution in [0.4, 0.5) is 0 Å². The summed E-state index contributed by atoms with van der Waals surface area (Å²) in [7, 11) is -1.59. The lowest BCUT2D eigenvalue weighted by atomic mass is 9.93. The van der Waals surface area contributed by atoms with Crippen LogP contribution < -0.4 is 5.56 Å². The third-order valence-electron chi connectivity index (χ3n) is 5.41. The van der Waals surface area contributed by atoms with Crippen LogP contribution in [-0.2, 0) is 23.3 Å². The molecule has 140 valence electrons. The predicted molar refractivity (Wildman–Crippen MR) is 109 cm³/mol. The zero-order valence-electron chi connectivity index (χ0n) is 15.6. The quantitative estimate of drug-likeness (QED) is 0.672. The van der Waals surface area contributed by atoms with Gasteiger partial charge in [-0.1, -0.05) is 43.2 Å². The summed E-state index contributed by atoms with van der Waals surface area (Å²) in [6.45, 7) is 0. The number of sulfone groups is 1. The summed E-state index contributed by atoms with van der Waals surface area (Å²) in [6.07, 6.45) is 7.31. The van der Waals surface area contributed by atoms with Crippen molar-refractivity contribution in [1.29, 1.82) is 0 Å². The lowest BCUT2D eigenvalue weighted by molar-refractivity contribution is 0.599. The first-order valence-electron chi connectivity index (χ1n) is 9.27. The zero-order valence-corrected chi connectivity index (χ0v) is 16.4. The second-order valence-corrected chi connectivity index (χ2v) is 9.53. The maximum absolute atomic E-state index is 12.5. The van der Waals surface area contributed by atoms with Crippen LogP contribution in [-0.4, -0.2) is 19.2 Å². The van der Waals surface area contributed by atoms with E-state index >= 15 is 0 Å². The molecule has 3 aromatic rings. The SMILES string of the molecule is Cn1cc(-c2cccc(S(C)(=O)=O)c2CCC2CC2)c2ccccc2c1=O. The molecule has 4 nitrogen and oxygen atoms in total. The van der Waals surface area contributed by atoms with Crippen LogP contribution in [0.15, 0.2) is 58.4 Å². The van der Waals surface area contributed by atoms with E-state index in [4.69, 9.17) is 0 Å². The number of aromatic nitrogens is 1. The van der Waals surface area contributed by atoms with E-state index in [-0.39, 0.29) is 5.56 Å². The number of hydrogen-bond donors (Lipinski definition) is 0. The van der Waals surface area contributed by atoms with E-state index in [1.165, 1.54) is 19.1 Å². The van der Waals surface area contributed by atoms with Crippen molar-refractivity contribution in [2.24, 2.45) is 13.0 Å². The van der Waals surface area contributed by atoms with E-state index in [9.17, 15) is 13.2 Å². The van der Waals surface area contributed by atoms with Gasteiger partial charge in [-0.05, 0) is 47.4 Å². The Morgan fingerprint density at radius 2 is 1.70 bits per heavy atom. The second kappa shape index (κ2) is 6.64. The molecule has 1 aliphatic carbocycles. The number of aryl methyl sites for hydroxylation is 1. The van der Waals surface area contributed by atoms with Gasteiger partial charge in [0.2, 0.25) is 0 Å². The van der Waals surface area contributed by atoms with Crippen LogP contribution in [0, 0.1) is 5.92 Å². The van der Waals surface area contributed by atoms with Gasteiger partial charge in [0.15, 0.2) is 9.84 Å². The molecule has 27 heavy (non-hydrogen) atoms. The third-order valence-corrected chi connectivity index (χ3v) is 6.59. The van der Waals surface area contributed by atoms with Gasteiger partial charge in [0.05, 0.1) is 4.90 Å². The molecule has 0 saturated heterocycles. The van der Waals surface area contributed by atoms with Gasteiger partial charge in [0.25, 0.3) is 5.56 Å². The zero-order chi connectivity index (χ0) is 19.2. The average molecular weight is 381 g/mol. The average Bonchev–Trinajstić information content (AvgIpc) is 3.46. The van der Waals surface area contributed by atoms with Crippen LogP contribution in [0.2, 0.25) is 0 Å². The first-order valence-corrected chi connectivity index (χ1v) is 11.2. The van der Waals surface area contributed by atoms with Gasteiger partial charge in [0.1, 0.15) is 0 Å². The fourth-order valence-corrected chi connectivity index (χ4v) is 4.79. The largest absolute Gasteiger partial charge is 0.317 e. The highest BCUT2D eigenvalue weighted by molar-refractivity contribution is 7.90.